The number of hydrogen-bond donors (Lipinski definition) is 2. The molecule has 0 unspecified atom stereocenters. The van der Waals surface area contributed by atoms with Gasteiger partial charge >= 0.3 is 6.03 Å². The number of rotatable bonds is 4. The van der Waals surface area contributed by atoms with E-state index < -0.39 is 17.9 Å². The van der Waals surface area contributed by atoms with Crippen LogP contribution in [0.3, 0.4) is 0 Å². The molecule has 0 aliphatic carbocycles. The number of fused-ring (bicyclic) bond motifs is 1. The van der Waals surface area contributed by atoms with E-state index in [0.717, 1.165) is 11.1 Å². The molecule has 1 aliphatic heterocycles. The normalized spacial score (nSPS) is 14.6. The third-order valence-electron chi connectivity index (χ3n) is 6.14. The monoisotopic (exact) mass is 482 g/mol. The van der Waals surface area contributed by atoms with Crippen molar-refractivity contribution in [1.29, 1.82) is 0 Å². The summed E-state index contributed by atoms with van der Waals surface area (Å²) >= 11 is 0. The van der Waals surface area contributed by atoms with Gasteiger partial charge in [-0.1, -0.05) is 30.3 Å². The SMILES string of the molecule is O=C(Nc1ccc(-n2ccccc2=O)cc1)[C@H]1Cc2ccccc2CN1C(=O)Nc1ccc(F)cc1. The van der Waals surface area contributed by atoms with Crippen molar-refractivity contribution in [3.05, 3.63) is 124 Å². The number of amides is 3. The maximum absolute atomic E-state index is 13.4. The highest BCUT2D eigenvalue weighted by Crippen LogP contribution is 2.25. The molecule has 7 nitrogen and oxygen atoms in total. The maximum atomic E-state index is 13.4. The zero-order valence-electron chi connectivity index (χ0n) is 19.2. The van der Waals surface area contributed by atoms with Crippen LogP contribution in [0.15, 0.2) is 102 Å². The molecule has 4 aromatic rings. The third-order valence-corrected chi connectivity index (χ3v) is 6.14. The number of anilines is 2. The average molecular weight is 483 g/mol. The van der Waals surface area contributed by atoms with Gasteiger partial charge in [0.25, 0.3) is 5.56 Å². The van der Waals surface area contributed by atoms with Gasteiger partial charge in [-0.2, -0.15) is 0 Å². The highest BCUT2D eigenvalue weighted by molar-refractivity contribution is 5.99. The summed E-state index contributed by atoms with van der Waals surface area (Å²) in [5.41, 5.74) is 3.47. The Morgan fingerprint density at radius 3 is 2.14 bits per heavy atom. The van der Waals surface area contributed by atoms with Gasteiger partial charge in [0.2, 0.25) is 5.91 Å². The molecule has 2 heterocycles. The van der Waals surface area contributed by atoms with E-state index in [1.807, 2.05) is 24.3 Å². The molecule has 2 N–H and O–H groups in total. The van der Waals surface area contributed by atoms with Crippen molar-refractivity contribution in [2.24, 2.45) is 0 Å². The molecular weight excluding hydrogens is 459 g/mol. The van der Waals surface area contributed by atoms with Crippen molar-refractivity contribution in [3.8, 4) is 5.69 Å². The zero-order valence-corrected chi connectivity index (χ0v) is 19.2. The van der Waals surface area contributed by atoms with Gasteiger partial charge in [0.1, 0.15) is 11.9 Å². The number of benzene rings is 3. The van der Waals surface area contributed by atoms with Crippen LogP contribution in [0, 0.1) is 5.82 Å². The zero-order chi connectivity index (χ0) is 25.1. The largest absolute Gasteiger partial charge is 0.324 e. The molecule has 0 fully saturated rings. The number of nitrogens with zero attached hydrogens (tertiary/aromatic N) is 2. The highest BCUT2D eigenvalue weighted by Gasteiger charge is 2.34. The van der Waals surface area contributed by atoms with Crippen LogP contribution in [0.25, 0.3) is 5.69 Å². The summed E-state index contributed by atoms with van der Waals surface area (Å²) in [5.74, 6) is -0.733. The first-order valence-electron chi connectivity index (χ1n) is 11.5. The Morgan fingerprint density at radius 1 is 0.778 bits per heavy atom. The topological polar surface area (TPSA) is 83.4 Å². The van der Waals surface area contributed by atoms with Crippen molar-refractivity contribution in [3.63, 3.8) is 0 Å². The van der Waals surface area contributed by atoms with Crippen molar-refractivity contribution in [2.45, 2.75) is 19.0 Å². The fourth-order valence-corrected chi connectivity index (χ4v) is 4.27. The molecule has 180 valence electrons. The number of pyridine rings is 1. The number of aromatic nitrogens is 1. The van der Waals surface area contributed by atoms with Gasteiger partial charge < -0.3 is 15.5 Å². The first-order valence-corrected chi connectivity index (χ1v) is 11.5. The van der Waals surface area contributed by atoms with E-state index in [-0.39, 0.29) is 18.0 Å². The van der Waals surface area contributed by atoms with Crippen LogP contribution in [0.2, 0.25) is 0 Å². The second-order valence-corrected chi connectivity index (χ2v) is 8.50. The number of carbonyl (C=O) groups excluding carboxylic acids is 2. The van der Waals surface area contributed by atoms with Crippen LogP contribution in [0.4, 0.5) is 20.6 Å². The van der Waals surface area contributed by atoms with Crippen LogP contribution >= 0.6 is 0 Å². The highest BCUT2D eigenvalue weighted by atomic mass is 19.1. The van der Waals surface area contributed by atoms with E-state index in [4.69, 9.17) is 0 Å². The molecule has 1 atom stereocenters. The van der Waals surface area contributed by atoms with E-state index in [1.54, 1.807) is 42.6 Å². The Hall–Kier alpha value is -4.72. The van der Waals surface area contributed by atoms with Gasteiger partial charge in [0, 0.05) is 42.3 Å². The van der Waals surface area contributed by atoms with Crippen molar-refractivity contribution < 1.29 is 14.0 Å². The maximum Gasteiger partial charge on any atom is 0.322 e. The Kier molecular flexibility index (Phi) is 6.32. The fraction of sp³-hybridized carbons (Fsp3) is 0.107. The summed E-state index contributed by atoms with van der Waals surface area (Å²) in [4.78, 5) is 40.1. The van der Waals surface area contributed by atoms with Gasteiger partial charge in [-0.15, -0.1) is 0 Å². The molecule has 3 amide bonds. The van der Waals surface area contributed by atoms with Gasteiger partial charge in [-0.05, 0) is 65.7 Å². The molecule has 1 aromatic heterocycles. The molecule has 0 saturated heterocycles. The lowest BCUT2D eigenvalue weighted by Crippen LogP contribution is -2.52. The number of urea groups is 1. The van der Waals surface area contributed by atoms with Crippen LogP contribution < -0.4 is 16.2 Å². The number of carbonyl (C=O) groups is 2. The van der Waals surface area contributed by atoms with Gasteiger partial charge in [0.15, 0.2) is 0 Å². The Morgan fingerprint density at radius 2 is 1.42 bits per heavy atom. The molecule has 5 rings (SSSR count). The molecule has 0 radical (unpaired) electrons. The van der Waals surface area contributed by atoms with E-state index in [9.17, 15) is 18.8 Å². The molecule has 0 spiro atoms. The summed E-state index contributed by atoms with van der Waals surface area (Å²) in [6.45, 7) is 0.261. The predicted molar refractivity (Wildman–Crippen MR) is 136 cm³/mol. The Labute approximate surface area is 206 Å². The van der Waals surface area contributed by atoms with E-state index in [1.165, 1.54) is 39.8 Å². The van der Waals surface area contributed by atoms with Crippen molar-refractivity contribution >= 4 is 23.3 Å². The fourth-order valence-electron chi connectivity index (χ4n) is 4.27. The Bertz CT molecular complexity index is 1470. The van der Waals surface area contributed by atoms with Gasteiger partial charge in [-0.3, -0.25) is 14.2 Å². The van der Waals surface area contributed by atoms with Crippen LogP contribution in [-0.2, 0) is 17.8 Å². The molecule has 0 bridgehead atoms. The number of halogens is 1. The van der Waals surface area contributed by atoms with Crippen LogP contribution in [0.5, 0.6) is 0 Å². The van der Waals surface area contributed by atoms with Crippen molar-refractivity contribution in [2.75, 3.05) is 10.6 Å². The average Bonchev–Trinajstić information content (AvgIpc) is 2.90. The first-order chi connectivity index (χ1) is 17.5. The number of nitrogens with one attached hydrogen (secondary N) is 2. The second kappa shape index (κ2) is 9.87. The van der Waals surface area contributed by atoms with Crippen LogP contribution in [-0.4, -0.2) is 27.4 Å². The summed E-state index contributed by atoms with van der Waals surface area (Å²) in [6, 6.07) is 23.8. The lowest BCUT2D eigenvalue weighted by molar-refractivity contribution is -0.120. The lowest BCUT2D eigenvalue weighted by atomic mass is 9.93. The molecule has 36 heavy (non-hydrogen) atoms. The molecule has 1 aliphatic rings. The number of hydrogen-bond acceptors (Lipinski definition) is 3. The Balaban J connectivity index is 1.36. The summed E-state index contributed by atoms with van der Waals surface area (Å²) in [7, 11) is 0. The molecule has 0 saturated carbocycles. The third kappa shape index (κ3) is 4.88. The molecular formula is C28H23FN4O3. The lowest BCUT2D eigenvalue weighted by Gasteiger charge is -2.36. The molecule has 3 aromatic carbocycles. The van der Waals surface area contributed by atoms with E-state index in [0.29, 0.717) is 23.5 Å². The summed E-state index contributed by atoms with van der Waals surface area (Å²) in [6.07, 6.45) is 2.03. The first kappa shape index (κ1) is 23.0. The van der Waals surface area contributed by atoms with E-state index in [2.05, 4.69) is 10.6 Å². The minimum Gasteiger partial charge on any atom is -0.324 e. The smallest absolute Gasteiger partial charge is 0.322 e. The predicted octanol–water partition coefficient (Wildman–Crippen LogP) is 4.57. The van der Waals surface area contributed by atoms with Gasteiger partial charge in [0.05, 0.1) is 0 Å². The second-order valence-electron chi connectivity index (χ2n) is 8.50. The van der Waals surface area contributed by atoms with Crippen LogP contribution in [0.1, 0.15) is 11.1 Å². The minimum absolute atomic E-state index is 0.155. The molecule has 8 heteroatoms. The standard InChI is InChI=1S/C28H23FN4O3/c29-21-8-10-23(11-9-21)31-28(36)33-18-20-6-2-1-5-19(20)17-25(33)27(35)30-22-12-14-24(15-13-22)32-16-4-3-7-26(32)34/h1-16,25H,17-18H2,(H,30,35)(H,31,36)/t25-/m1/s1. The minimum atomic E-state index is -0.753. The summed E-state index contributed by atoms with van der Waals surface area (Å²) < 4.78 is 14.8. The summed E-state index contributed by atoms with van der Waals surface area (Å²) in [5, 5.41) is 5.65. The van der Waals surface area contributed by atoms with Crippen molar-refractivity contribution in [1.82, 2.24) is 9.47 Å². The van der Waals surface area contributed by atoms with Gasteiger partial charge in [-0.25, -0.2) is 9.18 Å². The quantitative estimate of drug-likeness (QED) is 0.447. The van der Waals surface area contributed by atoms with E-state index >= 15 is 0 Å².